The third kappa shape index (κ3) is 3.51. The Kier molecular flexibility index (Phi) is 4.78. The summed E-state index contributed by atoms with van der Waals surface area (Å²) in [5.74, 6) is 1.53. The Labute approximate surface area is 122 Å². The molecule has 7 nitrogen and oxygen atoms in total. The first-order chi connectivity index (χ1) is 10.2. The van der Waals surface area contributed by atoms with Crippen molar-refractivity contribution in [3.63, 3.8) is 0 Å². The summed E-state index contributed by atoms with van der Waals surface area (Å²) in [6, 6.07) is 6.67. The third-order valence-electron chi connectivity index (χ3n) is 2.69. The molecule has 0 aliphatic heterocycles. The Balaban J connectivity index is 2.33. The van der Waals surface area contributed by atoms with E-state index in [1.54, 1.807) is 24.3 Å². The van der Waals surface area contributed by atoms with Gasteiger partial charge in [0, 0.05) is 0 Å². The van der Waals surface area contributed by atoms with E-state index in [0.717, 1.165) is 0 Å². The van der Waals surface area contributed by atoms with Crippen molar-refractivity contribution in [1.29, 1.82) is 0 Å². The molecule has 0 saturated carbocycles. The van der Waals surface area contributed by atoms with Crippen LogP contribution in [0.2, 0.25) is 0 Å². The van der Waals surface area contributed by atoms with E-state index in [0.29, 0.717) is 28.8 Å². The summed E-state index contributed by atoms with van der Waals surface area (Å²) in [5, 5.41) is 9.12. The van der Waals surface area contributed by atoms with Gasteiger partial charge in [0.05, 0.1) is 34.0 Å². The highest BCUT2D eigenvalue weighted by molar-refractivity contribution is 5.44. The summed E-state index contributed by atoms with van der Waals surface area (Å²) in [5.41, 5.74) is 0.711. The lowest BCUT2D eigenvalue weighted by Gasteiger charge is -2.11. The van der Waals surface area contributed by atoms with Gasteiger partial charge in [0.2, 0.25) is 11.8 Å². The topological polar surface area (TPSA) is 82.9 Å². The van der Waals surface area contributed by atoms with E-state index in [9.17, 15) is 0 Å². The van der Waals surface area contributed by atoms with Gasteiger partial charge in [-0.1, -0.05) is 6.07 Å². The Hall–Kier alpha value is -2.54. The van der Waals surface area contributed by atoms with Gasteiger partial charge in [0.15, 0.2) is 11.5 Å². The molecule has 21 heavy (non-hydrogen) atoms. The van der Waals surface area contributed by atoms with E-state index in [-0.39, 0.29) is 12.6 Å². The maximum atomic E-state index is 9.12. The number of benzene rings is 1. The molecule has 0 bridgehead atoms. The monoisotopic (exact) mass is 292 g/mol. The van der Waals surface area contributed by atoms with Crippen molar-refractivity contribution in [2.45, 2.75) is 6.61 Å². The van der Waals surface area contributed by atoms with Gasteiger partial charge in [-0.15, -0.1) is 0 Å². The lowest BCUT2D eigenvalue weighted by atomic mass is 10.2. The van der Waals surface area contributed by atoms with Crippen LogP contribution in [0.25, 0.3) is 0 Å². The van der Waals surface area contributed by atoms with Gasteiger partial charge in [-0.25, -0.2) is 0 Å². The standard InChI is InChI=1S/C14H16N2O5/c1-18-11-6-9(8-17)4-5-10(11)21-14-15-12(19-2)7-13(16-14)20-3/h4-7,17H,8H2,1-3H3. The Morgan fingerprint density at radius 1 is 0.905 bits per heavy atom. The second-order valence-electron chi connectivity index (χ2n) is 3.98. The van der Waals surface area contributed by atoms with Crippen molar-refractivity contribution < 1.29 is 24.1 Å². The summed E-state index contributed by atoms with van der Waals surface area (Å²) in [4.78, 5) is 8.15. The number of hydrogen-bond acceptors (Lipinski definition) is 7. The van der Waals surface area contributed by atoms with E-state index in [4.69, 9.17) is 24.1 Å². The molecule has 0 aliphatic carbocycles. The van der Waals surface area contributed by atoms with E-state index >= 15 is 0 Å². The Morgan fingerprint density at radius 2 is 1.57 bits per heavy atom. The molecule has 1 heterocycles. The lowest BCUT2D eigenvalue weighted by molar-refractivity contribution is 0.280. The number of aliphatic hydroxyl groups excluding tert-OH is 1. The average molecular weight is 292 g/mol. The van der Waals surface area contributed by atoms with Crippen LogP contribution >= 0.6 is 0 Å². The maximum Gasteiger partial charge on any atom is 0.328 e. The highest BCUT2D eigenvalue weighted by atomic mass is 16.5. The molecule has 2 aromatic rings. The van der Waals surface area contributed by atoms with Gasteiger partial charge in [-0.3, -0.25) is 0 Å². The minimum absolute atomic E-state index is 0.0706. The van der Waals surface area contributed by atoms with Crippen LogP contribution in [0, 0.1) is 0 Å². The van der Waals surface area contributed by atoms with Crippen molar-refractivity contribution in [3.8, 4) is 29.3 Å². The predicted molar refractivity (Wildman–Crippen MR) is 74.1 cm³/mol. The first-order valence-electron chi connectivity index (χ1n) is 6.12. The van der Waals surface area contributed by atoms with E-state index in [2.05, 4.69) is 9.97 Å². The Morgan fingerprint density at radius 3 is 2.10 bits per heavy atom. The molecule has 7 heteroatoms. The van der Waals surface area contributed by atoms with E-state index in [1.807, 2.05) is 0 Å². The maximum absolute atomic E-state index is 9.12. The van der Waals surface area contributed by atoms with Crippen LogP contribution in [0.15, 0.2) is 24.3 Å². The molecule has 0 atom stereocenters. The number of aromatic nitrogens is 2. The molecule has 0 radical (unpaired) electrons. The fourth-order valence-electron chi connectivity index (χ4n) is 1.63. The zero-order valence-corrected chi connectivity index (χ0v) is 12.0. The van der Waals surface area contributed by atoms with Crippen LogP contribution in [-0.2, 0) is 6.61 Å². The largest absolute Gasteiger partial charge is 0.493 e. The summed E-state index contributed by atoms with van der Waals surface area (Å²) in [6.45, 7) is -0.0832. The number of ether oxygens (including phenoxy) is 4. The van der Waals surface area contributed by atoms with Gasteiger partial charge >= 0.3 is 6.01 Å². The van der Waals surface area contributed by atoms with Gasteiger partial charge in [0.1, 0.15) is 0 Å². The van der Waals surface area contributed by atoms with Gasteiger partial charge in [-0.2, -0.15) is 9.97 Å². The van der Waals surface area contributed by atoms with Crippen LogP contribution < -0.4 is 18.9 Å². The normalized spacial score (nSPS) is 10.1. The molecule has 0 amide bonds. The second-order valence-corrected chi connectivity index (χ2v) is 3.98. The first kappa shape index (κ1) is 14.9. The van der Waals surface area contributed by atoms with Crippen molar-refractivity contribution in [2.24, 2.45) is 0 Å². The summed E-state index contributed by atoms with van der Waals surface area (Å²) < 4.78 is 20.9. The number of hydrogen-bond donors (Lipinski definition) is 1. The van der Waals surface area contributed by atoms with Gasteiger partial charge in [0.25, 0.3) is 0 Å². The van der Waals surface area contributed by atoms with Crippen molar-refractivity contribution in [3.05, 3.63) is 29.8 Å². The van der Waals surface area contributed by atoms with Crippen LogP contribution in [0.4, 0.5) is 0 Å². The summed E-state index contributed by atoms with van der Waals surface area (Å²) >= 11 is 0. The summed E-state index contributed by atoms with van der Waals surface area (Å²) in [7, 11) is 4.49. The molecule has 0 aliphatic rings. The highest BCUT2D eigenvalue weighted by Crippen LogP contribution is 2.32. The third-order valence-corrected chi connectivity index (χ3v) is 2.69. The van der Waals surface area contributed by atoms with Crippen LogP contribution in [0.5, 0.6) is 29.3 Å². The van der Waals surface area contributed by atoms with Crippen LogP contribution in [0.3, 0.4) is 0 Å². The van der Waals surface area contributed by atoms with Crippen LogP contribution in [0.1, 0.15) is 5.56 Å². The van der Waals surface area contributed by atoms with Crippen molar-refractivity contribution in [2.75, 3.05) is 21.3 Å². The molecule has 1 N–H and O–H groups in total. The fourth-order valence-corrected chi connectivity index (χ4v) is 1.63. The smallest absolute Gasteiger partial charge is 0.328 e. The van der Waals surface area contributed by atoms with Crippen LogP contribution in [-0.4, -0.2) is 36.4 Å². The van der Waals surface area contributed by atoms with Gasteiger partial charge < -0.3 is 24.1 Å². The minimum Gasteiger partial charge on any atom is -0.493 e. The number of methoxy groups -OCH3 is 3. The lowest BCUT2D eigenvalue weighted by Crippen LogP contribution is -1.99. The number of rotatable bonds is 6. The molecule has 0 spiro atoms. The number of nitrogens with zero attached hydrogens (tertiary/aromatic N) is 2. The molecular formula is C14H16N2O5. The van der Waals surface area contributed by atoms with Crippen molar-refractivity contribution >= 4 is 0 Å². The van der Waals surface area contributed by atoms with Crippen molar-refractivity contribution in [1.82, 2.24) is 9.97 Å². The second kappa shape index (κ2) is 6.76. The first-order valence-corrected chi connectivity index (χ1v) is 6.12. The SMILES string of the molecule is COc1cc(OC)nc(Oc2ccc(CO)cc2OC)n1. The molecular weight excluding hydrogens is 276 g/mol. The molecule has 1 aromatic carbocycles. The number of aliphatic hydroxyl groups is 1. The zero-order chi connectivity index (χ0) is 15.2. The minimum atomic E-state index is -0.0832. The fraction of sp³-hybridized carbons (Fsp3) is 0.286. The van der Waals surface area contributed by atoms with E-state index in [1.165, 1.54) is 21.3 Å². The molecule has 112 valence electrons. The predicted octanol–water partition coefficient (Wildman–Crippen LogP) is 1.79. The molecule has 0 saturated heterocycles. The molecule has 2 rings (SSSR count). The Bertz CT molecular complexity index is 596. The molecule has 1 aromatic heterocycles. The summed E-state index contributed by atoms with van der Waals surface area (Å²) in [6.07, 6.45) is 0. The zero-order valence-electron chi connectivity index (χ0n) is 12.0. The quantitative estimate of drug-likeness (QED) is 0.869. The van der Waals surface area contributed by atoms with Gasteiger partial charge in [-0.05, 0) is 17.7 Å². The average Bonchev–Trinajstić information content (AvgIpc) is 2.54. The molecule has 0 fully saturated rings. The van der Waals surface area contributed by atoms with E-state index < -0.39 is 0 Å². The highest BCUT2D eigenvalue weighted by Gasteiger charge is 2.11. The molecule has 0 unspecified atom stereocenters.